The highest BCUT2D eigenvalue weighted by Gasteiger charge is 2.37. The van der Waals surface area contributed by atoms with Gasteiger partial charge in [-0.25, -0.2) is 18.0 Å². The first-order chi connectivity index (χ1) is 14.5. The van der Waals surface area contributed by atoms with E-state index in [-0.39, 0.29) is 22.3 Å². The lowest BCUT2D eigenvalue weighted by Crippen LogP contribution is -2.39. The maximum atomic E-state index is 14.6. The van der Waals surface area contributed by atoms with Crippen LogP contribution in [0.2, 0.25) is 0 Å². The van der Waals surface area contributed by atoms with Gasteiger partial charge in [-0.05, 0) is 52.0 Å². The Bertz CT molecular complexity index is 1090. The van der Waals surface area contributed by atoms with E-state index in [4.69, 9.17) is 4.74 Å². The van der Waals surface area contributed by atoms with Gasteiger partial charge in [-0.3, -0.25) is 4.90 Å². The van der Waals surface area contributed by atoms with Crippen molar-refractivity contribution in [2.24, 2.45) is 0 Å². The van der Waals surface area contributed by atoms with Crippen LogP contribution in [0.5, 0.6) is 0 Å². The largest absolute Gasteiger partial charge is 0.444 e. The van der Waals surface area contributed by atoms with E-state index in [2.05, 4.69) is 15.9 Å². The highest BCUT2D eigenvalue weighted by atomic mass is 79.9. The molecule has 30 heavy (non-hydrogen) atoms. The number of benzene rings is 3. The van der Waals surface area contributed by atoms with Crippen LogP contribution in [0, 0.1) is 17.5 Å². The number of hydrogen-bond acceptors (Lipinski definition) is 2. The van der Waals surface area contributed by atoms with Gasteiger partial charge in [0.25, 0.3) is 0 Å². The molecule has 0 aromatic heterocycles. The van der Waals surface area contributed by atoms with Crippen LogP contribution in [0.25, 0.3) is 0 Å². The number of carbonyl (C=O) groups excluding carboxylic acids is 1. The molecule has 0 spiro atoms. The molecule has 0 N–H and O–H groups in total. The Labute approximate surface area is 180 Å². The van der Waals surface area contributed by atoms with Crippen molar-refractivity contribution < 1.29 is 22.7 Å². The molecule has 3 nitrogen and oxygen atoms in total. The number of rotatable bonds is 3. The third-order valence-electron chi connectivity index (χ3n) is 5.12. The van der Waals surface area contributed by atoms with E-state index in [1.54, 1.807) is 30.3 Å². The van der Waals surface area contributed by atoms with Crippen LogP contribution < -0.4 is 4.90 Å². The maximum absolute atomic E-state index is 14.6. The Hall–Kier alpha value is -2.80. The van der Waals surface area contributed by atoms with Gasteiger partial charge in [-0.1, -0.05) is 48.5 Å². The summed E-state index contributed by atoms with van der Waals surface area (Å²) < 4.78 is 48.1. The number of aryl methyl sites for hydroxylation is 1. The zero-order valence-corrected chi connectivity index (χ0v) is 17.3. The van der Waals surface area contributed by atoms with Gasteiger partial charge in [0.2, 0.25) is 0 Å². The third-order valence-corrected chi connectivity index (χ3v) is 5.84. The van der Waals surface area contributed by atoms with E-state index in [9.17, 15) is 18.0 Å². The summed E-state index contributed by atoms with van der Waals surface area (Å²) in [4.78, 5) is 14.3. The molecule has 0 saturated carbocycles. The number of ether oxygens (including phenoxy) is 1. The summed E-state index contributed by atoms with van der Waals surface area (Å²) in [6.45, 7) is -0.00318. The molecule has 154 valence electrons. The molecule has 1 aliphatic rings. The molecule has 3 aromatic carbocycles. The van der Waals surface area contributed by atoms with Gasteiger partial charge in [-0.2, -0.15) is 0 Å². The van der Waals surface area contributed by atoms with Gasteiger partial charge >= 0.3 is 6.09 Å². The number of halogens is 4. The zero-order valence-electron chi connectivity index (χ0n) is 15.7. The number of anilines is 1. The summed E-state index contributed by atoms with van der Waals surface area (Å²) in [6.07, 6.45) is -0.0712. The van der Waals surface area contributed by atoms with Crippen molar-refractivity contribution in [2.45, 2.75) is 25.5 Å². The molecule has 0 fully saturated rings. The van der Waals surface area contributed by atoms with Crippen LogP contribution in [0.4, 0.5) is 23.7 Å². The minimum Gasteiger partial charge on any atom is -0.444 e. The molecular formula is C23H17BrF3NO2. The van der Waals surface area contributed by atoms with Gasteiger partial charge in [0.15, 0.2) is 11.6 Å². The first-order valence-electron chi connectivity index (χ1n) is 9.38. The highest BCUT2D eigenvalue weighted by Crippen LogP contribution is 2.45. The summed E-state index contributed by atoms with van der Waals surface area (Å²) in [5, 5.41) is 0. The quantitative estimate of drug-likeness (QED) is 0.394. The highest BCUT2D eigenvalue weighted by molar-refractivity contribution is 9.10. The SMILES string of the molecule is O=C(OCc1ccccc1)N1c2c(cc(F)c(F)c2Br)CCC1c1ccccc1F. The fourth-order valence-corrected chi connectivity index (χ4v) is 4.35. The molecule has 1 atom stereocenters. The fraction of sp³-hybridized carbons (Fsp3) is 0.174. The molecule has 1 amide bonds. The summed E-state index contributed by atoms with van der Waals surface area (Å²) >= 11 is 3.08. The minimum atomic E-state index is -1.11. The van der Waals surface area contributed by atoms with E-state index >= 15 is 0 Å². The van der Waals surface area contributed by atoms with Crippen molar-refractivity contribution in [3.8, 4) is 0 Å². The van der Waals surface area contributed by atoms with E-state index in [1.807, 2.05) is 18.2 Å². The maximum Gasteiger partial charge on any atom is 0.415 e. The van der Waals surface area contributed by atoms with E-state index in [0.29, 0.717) is 18.4 Å². The fourth-order valence-electron chi connectivity index (χ4n) is 3.71. The van der Waals surface area contributed by atoms with Crippen molar-refractivity contribution in [1.29, 1.82) is 0 Å². The molecular weight excluding hydrogens is 459 g/mol. The smallest absolute Gasteiger partial charge is 0.415 e. The van der Waals surface area contributed by atoms with E-state index in [0.717, 1.165) is 11.6 Å². The number of hydrogen-bond donors (Lipinski definition) is 0. The van der Waals surface area contributed by atoms with Gasteiger partial charge in [0.05, 0.1) is 16.2 Å². The molecule has 1 heterocycles. The summed E-state index contributed by atoms with van der Waals surface area (Å²) in [5.41, 5.74) is 1.67. The molecule has 0 bridgehead atoms. The van der Waals surface area contributed by atoms with Crippen LogP contribution in [-0.4, -0.2) is 6.09 Å². The molecule has 0 saturated heterocycles. The lowest BCUT2D eigenvalue weighted by atomic mass is 9.91. The Morgan fingerprint density at radius 1 is 1.03 bits per heavy atom. The molecule has 0 aliphatic carbocycles. The average molecular weight is 476 g/mol. The van der Waals surface area contributed by atoms with Crippen molar-refractivity contribution >= 4 is 27.7 Å². The number of carbonyl (C=O) groups is 1. The second kappa shape index (κ2) is 8.52. The topological polar surface area (TPSA) is 29.5 Å². The van der Waals surface area contributed by atoms with Crippen LogP contribution in [-0.2, 0) is 17.8 Å². The average Bonchev–Trinajstić information content (AvgIpc) is 2.76. The zero-order chi connectivity index (χ0) is 21.3. The Morgan fingerprint density at radius 3 is 2.47 bits per heavy atom. The lowest BCUT2D eigenvalue weighted by Gasteiger charge is -2.37. The Kier molecular flexibility index (Phi) is 5.81. The Balaban J connectivity index is 1.76. The normalized spacial score (nSPS) is 15.6. The molecule has 7 heteroatoms. The second-order valence-electron chi connectivity index (χ2n) is 6.98. The minimum absolute atomic E-state index is 0.00318. The third kappa shape index (κ3) is 3.81. The number of nitrogens with zero attached hydrogens (tertiary/aromatic N) is 1. The summed E-state index contributed by atoms with van der Waals surface area (Å²) in [6, 6.07) is 15.5. The van der Waals surface area contributed by atoms with Gasteiger partial charge in [0, 0.05) is 5.56 Å². The monoisotopic (exact) mass is 475 g/mol. The van der Waals surface area contributed by atoms with Crippen molar-refractivity contribution in [1.82, 2.24) is 0 Å². The molecule has 3 aromatic rings. The molecule has 1 aliphatic heterocycles. The molecule has 1 unspecified atom stereocenters. The predicted octanol–water partition coefficient (Wildman–Crippen LogP) is 6.70. The van der Waals surface area contributed by atoms with Crippen LogP contribution in [0.1, 0.15) is 29.2 Å². The summed E-state index contributed by atoms with van der Waals surface area (Å²) in [5.74, 6) is -2.60. The first kappa shape index (κ1) is 20.5. The predicted molar refractivity (Wildman–Crippen MR) is 111 cm³/mol. The first-order valence-corrected chi connectivity index (χ1v) is 10.2. The number of fused-ring (bicyclic) bond motifs is 1. The van der Waals surface area contributed by atoms with E-state index < -0.39 is 29.6 Å². The van der Waals surface area contributed by atoms with Gasteiger partial charge in [0.1, 0.15) is 12.4 Å². The number of amides is 1. The van der Waals surface area contributed by atoms with Crippen LogP contribution in [0.3, 0.4) is 0 Å². The Morgan fingerprint density at radius 2 is 1.73 bits per heavy atom. The van der Waals surface area contributed by atoms with Gasteiger partial charge in [-0.15, -0.1) is 0 Å². The standard InChI is InChI=1S/C23H17BrF3NO2/c24-20-21(27)18(26)12-15-10-11-19(16-8-4-5-9-17(16)25)28(22(15)20)23(29)30-13-14-6-2-1-3-7-14/h1-9,12,19H,10-11,13H2. The van der Waals surface area contributed by atoms with E-state index in [1.165, 1.54) is 11.0 Å². The summed E-state index contributed by atoms with van der Waals surface area (Å²) in [7, 11) is 0. The second-order valence-corrected chi connectivity index (χ2v) is 7.77. The van der Waals surface area contributed by atoms with Crippen molar-refractivity contribution in [2.75, 3.05) is 4.90 Å². The molecule has 0 radical (unpaired) electrons. The van der Waals surface area contributed by atoms with Crippen molar-refractivity contribution in [3.63, 3.8) is 0 Å². The van der Waals surface area contributed by atoms with Crippen LogP contribution in [0.15, 0.2) is 65.1 Å². The van der Waals surface area contributed by atoms with Crippen molar-refractivity contribution in [3.05, 3.63) is 99.3 Å². The van der Waals surface area contributed by atoms with Gasteiger partial charge < -0.3 is 4.74 Å². The lowest BCUT2D eigenvalue weighted by molar-refractivity contribution is 0.143. The molecule has 4 rings (SSSR count). The van der Waals surface area contributed by atoms with Crippen LogP contribution >= 0.6 is 15.9 Å².